The lowest BCUT2D eigenvalue weighted by molar-refractivity contribution is -0.147. The molecule has 3 aromatic rings. The number of thiocarbonyl (C=S) groups is 1. The Morgan fingerprint density at radius 3 is 2.09 bits per heavy atom. The van der Waals surface area contributed by atoms with Crippen LogP contribution in [0.3, 0.4) is 0 Å². The molecule has 7 heteroatoms. The van der Waals surface area contributed by atoms with E-state index in [4.69, 9.17) is 17.0 Å². The topological polar surface area (TPSA) is 70.7 Å². The van der Waals surface area contributed by atoms with Gasteiger partial charge in [-0.25, -0.2) is 4.79 Å². The van der Waals surface area contributed by atoms with Crippen LogP contribution in [0.15, 0.2) is 66.7 Å². The van der Waals surface area contributed by atoms with Gasteiger partial charge in [0, 0.05) is 23.5 Å². The Labute approximate surface area is 211 Å². The molecule has 0 saturated carbocycles. The number of amides is 1. The van der Waals surface area contributed by atoms with Gasteiger partial charge in [0.2, 0.25) is 0 Å². The molecule has 3 aromatic carbocycles. The number of carbonyl (C=O) groups excluding carboxylic acids is 2. The number of hydrogen-bond acceptors (Lipinski definition) is 4. The molecule has 0 saturated heterocycles. The second kappa shape index (κ2) is 10.3. The fraction of sp³-hybridized carbons (Fsp3) is 0.250. The first-order chi connectivity index (χ1) is 16.8. The monoisotopic (exact) mass is 487 g/mol. The Kier molecular flexibility index (Phi) is 7.17. The fourth-order valence-electron chi connectivity index (χ4n) is 4.28. The summed E-state index contributed by atoms with van der Waals surface area (Å²) in [6, 6.07) is 21.2. The third-order valence-electron chi connectivity index (χ3n) is 6.14. The summed E-state index contributed by atoms with van der Waals surface area (Å²) in [6.07, 6.45) is 0. The highest BCUT2D eigenvalue weighted by Crippen LogP contribution is 2.32. The zero-order valence-corrected chi connectivity index (χ0v) is 21.1. The van der Waals surface area contributed by atoms with Gasteiger partial charge in [0.25, 0.3) is 5.91 Å². The number of anilines is 2. The van der Waals surface area contributed by atoms with Crippen molar-refractivity contribution in [3.63, 3.8) is 0 Å². The number of esters is 1. The van der Waals surface area contributed by atoms with E-state index in [9.17, 15) is 9.59 Å². The van der Waals surface area contributed by atoms with Gasteiger partial charge in [0.1, 0.15) is 6.04 Å². The van der Waals surface area contributed by atoms with Crippen molar-refractivity contribution in [2.24, 2.45) is 5.92 Å². The van der Waals surface area contributed by atoms with E-state index < -0.39 is 6.04 Å². The molecule has 2 N–H and O–H groups in total. The highest BCUT2D eigenvalue weighted by molar-refractivity contribution is 7.80. The van der Waals surface area contributed by atoms with Crippen LogP contribution in [0.1, 0.15) is 35.3 Å². The highest BCUT2D eigenvalue weighted by Gasteiger charge is 2.38. The number of rotatable bonds is 6. The third kappa shape index (κ3) is 5.35. The number of nitrogens with zero attached hydrogens (tertiary/aromatic N) is 1. The first kappa shape index (κ1) is 24.4. The van der Waals surface area contributed by atoms with Gasteiger partial charge in [-0.3, -0.25) is 4.79 Å². The Hall–Kier alpha value is -3.71. The quantitative estimate of drug-likeness (QED) is 0.347. The number of aryl methyl sites for hydroxylation is 1. The van der Waals surface area contributed by atoms with Crippen LogP contribution in [-0.4, -0.2) is 35.0 Å². The number of hydrogen-bond donors (Lipinski definition) is 2. The summed E-state index contributed by atoms with van der Waals surface area (Å²) in [5, 5.41) is 6.88. The molecule has 6 nitrogen and oxygen atoms in total. The molecular formula is C28H29N3O3S. The zero-order valence-electron chi connectivity index (χ0n) is 20.3. The van der Waals surface area contributed by atoms with Crippen molar-refractivity contribution >= 4 is 40.6 Å². The summed E-state index contributed by atoms with van der Waals surface area (Å²) in [6.45, 7) is 6.28. The van der Waals surface area contributed by atoms with Crippen molar-refractivity contribution in [3.8, 4) is 11.1 Å². The first-order valence-corrected chi connectivity index (χ1v) is 11.9. The van der Waals surface area contributed by atoms with E-state index in [0.29, 0.717) is 17.2 Å². The van der Waals surface area contributed by atoms with Gasteiger partial charge in [-0.05, 0) is 72.1 Å². The average Bonchev–Trinajstić information content (AvgIpc) is 3.16. The predicted octanol–water partition coefficient (Wildman–Crippen LogP) is 5.62. The van der Waals surface area contributed by atoms with Crippen LogP contribution >= 0.6 is 12.2 Å². The molecule has 1 amide bonds. The lowest BCUT2D eigenvalue weighted by Crippen LogP contribution is -2.45. The second-order valence-corrected chi connectivity index (χ2v) is 9.45. The Morgan fingerprint density at radius 1 is 0.943 bits per heavy atom. The summed E-state index contributed by atoms with van der Waals surface area (Å²) in [5.74, 6) is -0.581. The van der Waals surface area contributed by atoms with Crippen molar-refractivity contribution in [2.45, 2.75) is 33.4 Å². The van der Waals surface area contributed by atoms with Crippen LogP contribution in [0, 0.1) is 12.8 Å². The van der Waals surface area contributed by atoms with E-state index in [0.717, 1.165) is 28.1 Å². The number of nitrogens with one attached hydrogen (secondary N) is 2. The summed E-state index contributed by atoms with van der Waals surface area (Å²) < 4.78 is 4.95. The largest absolute Gasteiger partial charge is 0.467 e. The molecule has 0 bridgehead atoms. The van der Waals surface area contributed by atoms with Crippen LogP contribution in [0.2, 0.25) is 0 Å². The number of ether oxygens (including phenoxy) is 1. The molecular weight excluding hydrogens is 458 g/mol. The van der Waals surface area contributed by atoms with Crippen molar-refractivity contribution < 1.29 is 14.3 Å². The number of fused-ring (bicyclic) bond motifs is 1. The van der Waals surface area contributed by atoms with E-state index in [2.05, 4.69) is 10.6 Å². The minimum atomic E-state index is -0.605. The Morgan fingerprint density at radius 2 is 1.51 bits per heavy atom. The van der Waals surface area contributed by atoms with E-state index in [-0.39, 0.29) is 17.8 Å². The van der Waals surface area contributed by atoms with Crippen molar-refractivity contribution in [1.82, 2.24) is 4.90 Å². The van der Waals surface area contributed by atoms with E-state index in [1.165, 1.54) is 12.7 Å². The standard InChI is InChI=1S/C28H29N3O3S/c1-17(2)25(27(33)34-4)31-16-21-8-7-20(15-24(21)26(31)32)19-9-13-23(14-10-19)30-28(35)29-22-11-5-18(3)6-12-22/h5-15,17,25H,16H2,1-4H3,(H2,29,30,35). The minimum absolute atomic E-state index is 0.0493. The molecule has 1 unspecified atom stereocenters. The molecule has 0 radical (unpaired) electrons. The number of carbonyl (C=O) groups is 2. The van der Waals surface area contributed by atoms with Crippen molar-refractivity contribution in [3.05, 3.63) is 83.4 Å². The molecule has 0 fully saturated rings. The number of methoxy groups -OCH3 is 1. The van der Waals surface area contributed by atoms with Gasteiger partial charge in [-0.2, -0.15) is 0 Å². The van der Waals surface area contributed by atoms with Gasteiger partial charge in [0.05, 0.1) is 7.11 Å². The molecule has 35 heavy (non-hydrogen) atoms. The SMILES string of the molecule is COC(=O)C(C(C)C)N1Cc2ccc(-c3ccc(NC(=S)Nc4ccc(C)cc4)cc3)cc2C1=O. The van der Waals surface area contributed by atoms with Gasteiger partial charge < -0.3 is 20.3 Å². The number of benzene rings is 3. The summed E-state index contributed by atoms with van der Waals surface area (Å²) in [7, 11) is 1.35. The van der Waals surface area contributed by atoms with E-state index in [1.807, 2.05) is 87.5 Å². The smallest absolute Gasteiger partial charge is 0.328 e. The predicted molar refractivity (Wildman–Crippen MR) is 143 cm³/mol. The Bertz CT molecular complexity index is 1250. The average molecular weight is 488 g/mol. The van der Waals surface area contributed by atoms with Crippen LogP contribution < -0.4 is 10.6 Å². The van der Waals surface area contributed by atoms with Gasteiger partial charge in [-0.15, -0.1) is 0 Å². The molecule has 4 rings (SSSR count). The van der Waals surface area contributed by atoms with Crippen molar-refractivity contribution in [2.75, 3.05) is 17.7 Å². The highest BCUT2D eigenvalue weighted by atomic mass is 32.1. The maximum Gasteiger partial charge on any atom is 0.328 e. The molecule has 0 aromatic heterocycles. The molecule has 1 aliphatic heterocycles. The lowest BCUT2D eigenvalue weighted by atomic mass is 10.00. The van der Waals surface area contributed by atoms with Crippen molar-refractivity contribution in [1.29, 1.82) is 0 Å². The van der Waals surface area contributed by atoms with Crippen LogP contribution in [0.5, 0.6) is 0 Å². The molecule has 0 spiro atoms. The van der Waals surface area contributed by atoms with Crippen LogP contribution in [0.25, 0.3) is 11.1 Å². The summed E-state index contributed by atoms with van der Waals surface area (Å²) in [5.41, 5.74) is 6.43. The second-order valence-electron chi connectivity index (χ2n) is 9.04. The normalized spacial score (nSPS) is 13.4. The van der Waals surface area contributed by atoms with E-state index >= 15 is 0 Å². The zero-order chi connectivity index (χ0) is 25.1. The van der Waals surface area contributed by atoms with E-state index in [1.54, 1.807) is 4.90 Å². The minimum Gasteiger partial charge on any atom is -0.467 e. The van der Waals surface area contributed by atoms with Gasteiger partial charge in [-0.1, -0.05) is 55.8 Å². The van der Waals surface area contributed by atoms with Gasteiger partial charge in [0.15, 0.2) is 5.11 Å². The van der Waals surface area contributed by atoms with Gasteiger partial charge >= 0.3 is 5.97 Å². The molecule has 1 atom stereocenters. The molecule has 0 aliphatic carbocycles. The van der Waals surface area contributed by atoms with Crippen LogP contribution in [0.4, 0.5) is 11.4 Å². The van der Waals surface area contributed by atoms with Crippen LogP contribution in [-0.2, 0) is 16.1 Å². The Balaban J connectivity index is 1.46. The molecule has 1 aliphatic rings. The maximum absolute atomic E-state index is 13.2. The molecule has 180 valence electrons. The lowest BCUT2D eigenvalue weighted by Gasteiger charge is -2.28. The maximum atomic E-state index is 13.2. The third-order valence-corrected chi connectivity index (χ3v) is 6.34. The summed E-state index contributed by atoms with van der Waals surface area (Å²) >= 11 is 5.42. The summed E-state index contributed by atoms with van der Waals surface area (Å²) in [4.78, 5) is 27.1. The molecule has 1 heterocycles. The first-order valence-electron chi connectivity index (χ1n) is 11.5. The fourth-order valence-corrected chi connectivity index (χ4v) is 4.52.